The molecule has 0 saturated heterocycles. The largest absolute Gasteiger partial charge is 0.481 e. The highest BCUT2D eigenvalue weighted by Gasteiger charge is 2.17. The molecule has 0 aliphatic rings. The van der Waals surface area contributed by atoms with Crippen LogP contribution in [0.2, 0.25) is 0 Å². The van der Waals surface area contributed by atoms with Gasteiger partial charge in [0.25, 0.3) is 0 Å². The lowest BCUT2D eigenvalue weighted by Crippen LogP contribution is -1.98. The number of aryl methyl sites for hydroxylation is 2. The first kappa shape index (κ1) is 21.0. The highest BCUT2D eigenvalue weighted by molar-refractivity contribution is 5.99. The van der Waals surface area contributed by atoms with Crippen molar-refractivity contribution in [3.05, 3.63) is 47.8 Å². The fourth-order valence-electron chi connectivity index (χ4n) is 3.58. The fraction of sp³-hybridized carbons (Fsp3) is 0.364. The minimum absolute atomic E-state index is 0. The van der Waals surface area contributed by atoms with Gasteiger partial charge in [-0.1, -0.05) is 44.5 Å². The van der Waals surface area contributed by atoms with Crippen LogP contribution in [0, 0.1) is 6.92 Å². The van der Waals surface area contributed by atoms with Crippen molar-refractivity contribution in [3.8, 4) is 17.0 Å². The highest BCUT2D eigenvalue weighted by atomic mass is 35.5. The average Bonchev–Trinajstić information content (AvgIpc) is 2.97. The second kappa shape index (κ2) is 9.05. The summed E-state index contributed by atoms with van der Waals surface area (Å²) in [6.07, 6.45) is 5.55. The number of nitrogens with zero attached hydrogens (tertiary/aromatic N) is 3. The third-order valence-electron chi connectivity index (χ3n) is 4.70. The van der Waals surface area contributed by atoms with Crippen LogP contribution in [0.15, 0.2) is 36.4 Å². The molecule has 0 amide bonds. The Morgan fingerprint density at radius 1 is 1.15 bits per heavy atom. The van der Waals surface area contributed by atoms with Crippen molar-refractivity contribution in [3.63, 3.8) is 0 Å². The zero-order valence-corrected chi connectivity index (χ0v) is 17.6. The summed E-state index contributed by atoms with van der Waals surface area (Å²) in [4.78, 5) is 4.53. The molecule has 0 N–H and O–H groups in total. The van der Waals surface area contributed by atoms with Gasteiger partial charge in [-0.2, -0.15) is 5.10 Å². The Hall–Kier alpha value is -2.33. The van der Waals surface area contributed by atoms with Crippen molar-refractivity contribution >= 4 is 28.9 Å². The van der Waals surface area contributed by atoms with Crippen LogP contribution in [0.25, 0.3) is 27.6 Å². The molecule has 0 spiro atoms. The molecule has 5 heteroatoms. The fourth-order valence-corrected chi connectivity index (χ4v) is 3.58. The third kappa shape index (κ3) is 4.01. The first-order valence-corrected chi connectivity index (χ1v) is 9.27. The van der Waals surface area contributed by atoms with Gasteiger partial charge in [-0.25, -0.2) is 4.98 Å². The lowest BCUT2D eigenvalue weighted by Gasteiger charge is -2.09. The molecular weight excluding hydrogens is 358 g/mol. The number of allylic oxidation sites excluding steroid dienone is 2. The summed E-state index contributed by atoms with van der Waals surface area (Å²) in [6, 6.07) is 10.4. The van der Waals surface area contributed by atoms with E-state index in [-0.39, 0.29) is 12.4 Å². The molecule has 0 bridgehead atoms. The molecular formula is C22H28ClN3O. The van der Waals surface area contributed by atoms with Gasteiger partial charge in [0.1, 0.15) is 5.52 Å². The number of rotatable bonds is 6. The topological polar surface area (TPSA) is 39.9 Å². The lowest BCUT2D eigenvalue weighted by molar-refractivity contribution is 0.397. The van der Waals surface area contributed by atoms with Crippen molar-refractivity contribution in [2.24, 2.45) is 7.05 Å². The number of halogens is 1. The summed E-state index contributed by atoms with van der Waals surface area (Å²) < 4.78 is 7.27. The van der Waals surface area contributed by atoms with Gasteiger partial charge in [-0.05, 0) is 31.4 Å². The number of benzene rings is 1. The minimum atomic E-state index is 0. The normalized spacial score (nSPS) is 11.5. The molecule has 0 fully saturated rings. The molecule has 0 aliphatic heterocycles. The summed E-state index contributed by atoms with van der Waals surface area (Å²) in [5.74, 6) is 0.635. The molecule has 2 aromatic heterocycles. The van der Waals surface area contributed by atoms with Crippen LogP contribution in [-0.4, -0.2) is 21.9 Å². The van der Waals surface area contributed by atoms with Gasteiger partial charge in [0, 0.05) is 35.3 Å². The van der Waals surface area contributed by atoms with E-state index in [2.05, 4.69) is 49.2 Å². The van der Waals surface area contributed by atoms with Gasteiger partial charge in [0.05, 0.1) is 12.8 Å². The summed E-state index contributed by atoms with van der Waals surface area (Å²) in [6.45, 7) is 6.42. The molecule has 27 heavy (non-hydrogen) atoms. The Bertz CT molecular complexity index is 960. The van der Waals surface area contributed by atoms with Crippen molar-refractivity contribution in [1.82, 2.24) is 14.8 Å². The quantitative estimate of drug-likeness (QED) is 0.525. The molecule has 0 saturated carbocycles. The number of hydrogen-bond acceptors (Lipinski definition) is 3. The zero-order chi connectivity index (χ0) is 18.7. The SMILES string of the molecule is CC/C=C(\CCC)c1c2cccc(-c3ccc(OC)nc3C)c2nn1C.Cl. The molecule has 2 heterocycles. The van der Waals surface area contributed by atoms with Crippen LogP contribution in [0.5, 0.6) is 5.88 Å². The monoisotopic (exact) mass is 385 g/mol. The van der Waals surface area contributed by atoms with E-state index in [1.165, 1.54) is 16.7 Å². The highest BCUT2D eigenvalue weighted by Crippen LogP contribution is 2.35. The zero-order valence-electron chi connectivity index (χ0n) is 16.7. The molecule has 1 aromatic carbocycles. The van der Waals surface area contributed by atoms with E-state index in [4.69, 9.17) is 9.84 Å². The van der Waals surface area contributed by atoms with E-state index in [9.17, 15) is 0 Å². The van der Waals surface area contributed by atoms with Crippen LogP contribution >= 0.6 is 12.4 Å². The first-order chi connectivity index (χ1) is 12.6. The molecule has 3 rings (SSSR count). The molecule has 4 nitrogen and oxygen atoms in total. The Balaban J connectivity index is 0.00000261. The maximum Gasteiger partial charge on any atom is 0.213 e. The number of pyridine rings is 1. The van der Waals surface area contributed by atoms with Crippen LogP contribution in [0.1, 0.15) is 44.5 Å². The maximum atomic E-state index is 5.24. The van der Waals surface area contributed by atoms with Crippen LogP contribution in [-0.2, 0) is 7.05 Å². The Morgan fingerprint density at radius 2 is 1.93 bits per heavy atom. The van der Waals surface area contributed by atoms with E-state index in [1.807, 2.05) is 24.7 Å². The smallest absolute Gasteiger partial charge is 0.213 e. The summed E-state index contributed by atoms with van der Waals surface area (Å²) in [5, 5.41) is 6.08. The Labute approximate surface area is 167 Å². The molecule has 0 unspecified atom stereocenters. The van der Waals surface area contributed by atoms with Crippen molar-refractivity contribution in [2.45, 2.75) is 40.0 Å². The minimum Gasteiger partial charge on any atom is -0.481 e. The molecule has 0 atom stereocenters. The number of ether oxygens (including phenoxy) is 1. The van der Waals surface area contributed by atoms with E-state index < -0.39 is 0 Å². The molecule has 0 radical (unpaired) electrons. The number of fused-ring (bicyclic) bond motifs is 1. The van der Waals surface area contributed by atoms with Gasteiger partial charge in [-0.3, -0.25) is 4.68 Å². The van der Waals surface area contributed by atoms with E-state index >= 15 is 0 Å². The maximum absolute atomic E-state index is 5.24. The predicted octanol–water partition coefficient (Wildman–Crippen LogP) is 5.97. The van der Waals surface area contributed by atoms with Gasteiger partial charge >= 0.3 is 0 Å². The number of hydrogen-bond donors (Lipinski definition) is 0. The number of methoxy groups -OCH3 is 1. The van der Waals surface area contributed by atoms with Crippen molar-refractivity contribution in [1.29, 1.82) is 0 Å². The van der Waals surface area contributed by atoms with E-state index in [1.54, 1.807) is 7.11 Å². The van der Waals surface area contributed by atoms with Gasteiger partial charge in [0.15, 0.2) is 0 Å². The van der Waals surface area contributed by atoms with Gasteiger partial charge in [0.2, 0.25) is 5.88 Å². The standard InChI is InChI=1S/C22H27N3O.ClH/c1-6-9-16(10-7-2)22-19-12-8-11-18(21(19)24-25(22)4)17-13-14-20(26-5)23-15(17)3;/h8-9,11-14H,6-7,10H2,1-5H3;1H/b16-9+;. The van der Waals surface area contributed by atoms with Crippen LogP contribution in [0.3, 0.4) is 0 Å². The van der Waals surface area contributed by atoms with Gasteiger partial charge < -0.3 is 4.74 Å². The summed E-state index contributed by atoms with van der Waals surface area (Å²) in [7, 11) is 3.68. The van der Waals surface area contributed by atoms with Crippen LogP contribution < -0.4 is 4.74 Å². The molecule has 144 valence electrons. The van der Waals surface area contributed by atoms with Gasteiger partial charge in [-0.15, -0.1) is 12.4 Å². The first-order valence-electron chi connectivity index (χ1n) is 9.27. The lowest BCUT2D eigenvalue weighted by atomic mass is 9.98. The van der Waals surface area contributed by atoms with E-state index in [0.29, 0.717) is 5.88 Å². The Kier molecular flexibility index (Phi) is 7.03. The van der Waals surface area contributed by atoms with E-state index in [0.717, 1.165) is 41.6 Å². The average molecular weight is 386 g/mol. The third-order valence-corrected chi connectivity index (χ3v) is 4.70. The second-order valence-corrected chi connectivity index (χ2v) is 6.55. The van der Waals surface area contributed by atoms with Crippen LogP contribution in [0.4, 0.5) is 0 Å². The second-order valence-electron chi connectivity index (χ2n) is 6.55. The van der Waals surface area contributed by atoms with Crippen molar-refractivity contribution < 1.29 is 4.74 Å². The summed E-state index contributed by atoms with van der Waals surface area (Å²) in [5.41, 5.74) is 6.79. The Morgan fingerprint density at radius 3 is 2.56 bits per heavy atom. The van der Waals surface area contributed by atoms with Crippen molar-refractivity contribution in [2.75, 3.05) is 7.11 Å². The molecule has 0 aliphatic carbocycles. The number of aromatic nitrogens is 3. The predicted molar refractivity (Wildman–Crippen MR) is 116 cm³/mol. The molecule has 3 aromatic rings. The summed E-state index contributed by atoms with van der Waals surface area (Å²) >= 11 is 0.